The first-order valence-corrected chi connectivity index (χ1v) is 5.48. The van der Waals surface area contributed by atoms with Crippen LogP contribution in [0.5, 0.6) is 0 Å². The van der Waals surface area contributed by atoms with Gasteiger partial charge in [0.05, 0.1) is 0 Å². The maximum Gasteiger partial charge on any atom is 0.234 e. The Bertz CT molecular complexity index is 152. The topological polar surface area (TPSA) is 40.5 Å². The lowest BCUT2D eigenvalue weighted by atomic mass is 10.0. The molecule has 0 saturated carbocycles. The lowest BCUT2D eigenvalue weighted by molar-refractivity contribution is 0.264. The highest BCUT2D eigenvalue weighted by Crippen LogP contribution is 2.14. The van der Waals surface area contributed by atoms with Crippen molar-refractivity contribution >= 4 is 11.3 Å². The summed E-state index contributed by atoms with van der Waals surface area (Å²) >= 11 is -1.82. The molecule has 0 aliphatic rings. The third kappa shape index (κ3) is 3.21. The van der Waals surface area contributed by atoms with Gasteiger partial charge in [-0.1, -0.05) is 27.2 Å². The molecule has 0 aliphatic carbocycles. The van der Waals surface area contributed by atoms with E-state index in [-0.39, 0.29) is 6.04 Å². The predicted molar refractivity (Wildman–Crippen MR) is 52.1 cm³/mol. The zero-order valence-electron chi connectivity index (χ0n) is 8.28. The molecule has 3 nitrogen and oxygen atoms in total. The normalized spacial score (nSPS) is 19.2. The minimum absolute atomic E-state index is 0.172. The van der Waals surface area contributed by atoms with Crippen LogP contribution in [0.4, 0.5) is 0 Å². The molecule has 0 saturated heterocycles. The van der Waals surface area contributed by atoms with Gasteiger partial charge < -0.3 is 0 Å². The average molecular weight is 193 g/mol. The molecule has 3 atom stereocenters. The molecule has 3 unspecified atom stereocenters. The van der Waals surface area contributed by atoms with Crippen molar-refractivity contribution in [1.82, 2.24) is 4.31 Å². The minimum atomic E-state index is -1.82. The van der Waals surface area contributed by atoms with Crippen molar-refractivity contribution in [3.05, 3.63) is 0 Å². The lowest BCUT2D eigenvalue weighted by Crippen LogP contribution is -2.38. The van der Waals surface area contributed by atoms with Crippen LogP contribution in [0.3, 0.4) is 0 Å². The summed E-state index contributed by atoms with van der Waals surface area (Å²) in [4.78, 5) is 0. The summed E-state index contributed by atoms with van der Waals surface area (Å²) in [5.74, 6) is 0.459. The summed E-state index contributed by atoms with van der Waals surface area (Å²) < 4.78 is 21.3. The van der Waals surface area contributed by atoms with Gasteiger partial charge in [-0.2, -0.15) is 4.31 Å². The Morgan fingerprint density at radius 3 is 2.17 bits per heavy atom. The lowest BCUT2D eigenvalue weighted by Gasteiger charge is -2.27. The summed E-state index contributed by atoms with van der Waals surface area (Å²) in [5.41, 5.74) is 0. The molecule has 0 amide bonds. The zero-order chi connectivity index (χ0) is 9.72. The third-order valence-electron chi connectivity index (χ3n) is 2.43. The fraction of sp³-hybridized carbons (Fsp3) is 1.00. The molecule has 0 bridgehead atoms. The highest BCUT2D eigenvalue weighted by Gasteiger charge is 2.21. The van der Waals surface area contributed by atoms with Gasteiger partial charge in [-0.05, 0) is 12.8 Å². The van der Waals surface area contributed by atoms with Gasteiger partial charge in [0.15, 0.2) is 0 Å². The molecule has 0 rings (SSSR count). The second-order valence-corrected chi connectivity index (χ2v) is 4.02. The molecule has 0 aliphatic heterocycles. The standard InChI is InChI=1S/C8H19NO2S/c1-5-7(3)8(4)9(6-2)12(10)11/h7-8H,5-6H2,1-4H3,(H,10,11). The van der Waals surface area contributed by atoms with E-state index >= 15 is 0 Å². The van der Waals surface area contributed by atoms with Crippen LogP contribution in [0.2, 0.25) is 0 Å². The van der Waals surface area contributed by atoms with E-state index in [1.807, 2.05) is 13.8 Å². The molecule has 0 radical (unpaired) electrons. The fourth-order valence-electron chi connectivity index (χ4n) is 1.17. The minimum Gasteiger partial charge on any atom is -0.294 e. The second kappa shape index (κ2) is 5.67. The molecule has 0 aromatic carbocycles. The fourth-order valence-corrected chi connectivity index (χ4v) is 1.88. The van der Waals surface area contributed by atoms with E-state index in [2.05, 4.69) is 13.8 Å². The van der Waals surface area contributed by atoms with Gasteiger partial charge in [-0.25, -0.2) is 4.21 Å². The van der Waals surface area contributed by atoms with Crippen LogP contribution in [-0.2, 0) is 11.3 Å². The van der Waals surface area contributed by atoms with Gasteiger partial charge in [0.2, 0.25) is 11.3 Å². The second-order valence-electron chi connectivity index (χ2n) is 3.09. The first kappa shape index (κ1) is 12.1. The Kier molecular flexibility index (Phi) is 5.70. The summed E-state index contributed by atoms with van der Waals surface area (Å²) in [7, 11) is 0. The maximum absolute atomic E-state index is 10.8. The van der Waals surface area contributed by atoms with Crippen molar-refractivity contribution in [3.8, 4) is 0 Å². The Balaban J connectivity index is 4.20. The molecule has 12 heavy (non-hydrogen) atoms. The van der Waals surface area contributed by atoms with Crippen LogP contribution >= 0.6 is 0 Å². The molecular formula is C8H19NO2S. The van der Waals surface area contributed by atoms with Crippen molar-refractivity contribution in [2.75, 3.05) is 6.54 Å². The molecule has 1 N–H and O–H groups in total. The number of rotatable bonds is 5. The molecule has 0 fully saturated rings. The Morgan fingerprint density at radius 2 is 1.92 bits per heavy atom. The molecule has 0 heterocycles. The van der Waals surface area contributed by atoms with E-state index in [1.165, 1.54) is 0 Å². The van der Waals surface area contributed by atoms with E-state index in [9.17, 15) is 4.21 Å². The highest BCUT2D eigenvalue weighted by atomic mass is 32.2. The van der Waals surface area contributed by atoms with Gasteiger partial charge in [-0.3, -0.25) is 4.55 Å². The van der Waals surface area contributed by atoms with E-state index in [0.717, 1.165) is 6.42 Å². The predicted octanol–water partition coefficient (Wildman–Crippen LogP) is 1.88. The average Bonchev–Trinajstić information content (AvgIpc) is 2.03. The van der Waals surface area contributed by atoms with Crippen LogP contribution < -0.4 is 0 Å². The zero-order valence-corrected chi connectivity index (χ0v) is 9.10. The SMILES string of the molecule is CCC(C)C(C)N(CC)S(=O)O. The summed E-state index contributed by atoms with van der Waals surface area (Å²) in [6, 6.07) is 0.172. The number of hydrogen-bond donors (Lipinski definition) is 1. The molecule has 4 heteroatoms. The van der Waals surface area contributed by atoms with E-state index in [4.69, 9.17) is 4.55 Å². The van der Waals surface area contributed by atoms with Crippen LogP contribution in [0.25, 0.3) is 0 Å². The van der Waals surface area contributed by atoms with Gasteiger partial charge >= 0.3 is 0 Å². The van der Waals surface area contributed by atoms with Crippen molar-refractivity contribution in [2.45, 2.75) is 40.2 Å². The Hall–Kier alpha value is 0.0700. The highest BCUT2D eigenvalue weighted by molar-refractivity contribution is 7.76. The molecule has 74 valence electrons. The van der Waals surface area contributed by atoms with E-state index < -0.39 is 11.3 Å². The quantitative estimate of drug-likeness (QED) is 0.677. The molecule has 0 aromatic rings. The number of nitrogens with zero attached hydrogens (tertiary/aromatic N) is 1. The van der Waals surface area contributed by atoms with E-state index in [0.29, 0.717) is 12.5 Å². The molecule has 0 spiro atoms. The Labute approximate surface area is 77.6 Å². The third-order valence-corrected chi connectivity index (χ3v) is 3.43. The van der Waals surface area contributed by atoms with Crippen molar-refractivity contribution < 1.29 is 8.76 Å². The summed E-state index contributed by atoms with van der Waals surface area (Å²) in [6.45, 7) is 8.70. The first-order valence-electron chi connectivity index (χ1n) is 4.42. The van der Waals surface area contributed by atoms with Crippen LogP contribution in [0.15, 0.2) is 0 Å². The van der Waals surface area contributed by atoms with Crippen LogP contribution in [-0.4, -0.2) is 25.7 Å². The largest absolute Gasteiger partial charge is 0.294 e. The number of hydrogen-bond acceptors (Lipinski definition) is 1. The van der Waals surface area contributed by atoms with Gasteiger partial charge in [-0.15, -0.1) is 0 Å². The summed E-state index contributed by atoms with van der Waals surface area (Å²) in [5, 5.41) is 0. The smallest absolute Gasteiger partial charge is 0.234 e. The van der Waals surface area contributed by atoms with Crippen molar-refractivity contribution in [3.63, 3.8) is 0 Å². The Morgan fingerprint density at radius 1 is 1.42 bits per heavy atom. The van der Waals surface area contributed by atoms with Gasteiger partial charge in [0.25, 0.3) is 0 Å². The van der Waals surface area contributed by atoms with E-state index in [1.54, 1.807) is 4.31 Å². The first-order chi connectivity index (χ1) is 5.54. The van der Waals surface area contributed by atoms with Crippen LogP contribution in [0.1, 0.15) is 34.1 Å². The molecular weight excluding hydrogens is 174 g/mol. The molecule has 0 aromatic heterocycles. The van der Waals surface area contributed by atoms with Gasteiger partial charge in [0.1, 0.15) is 0 Å². The summed E-state index contributed by atoms with van der Waals surface area (Å²) in [6.07, 6.45) is 1.04. The maximum atomic E-state index is 10.8. The van der Waals surface area contributed by atoms with Gasteiger partial charge in [0, 0.05) is 12.6 Å². The van der Waals surface area contributed by atoms with Crippen molar-refractivity contribution in [1.29, 1.82) is 0 Å². The monoisotopic (exact) mass is 193 g/mol. The van der Waals surface area contributed by atoms with Crippen LogP contribution in [0, 0.1) is 5.92 Å². The van der Waals surface area contributed by atoms with Crippen molar-refractivity contribution in [2.24, 2.45) is 5.92 Å².